The molecule has 0 radical (unpaired) electrons. The van der Waals surface area contributed by atoms with Crippen molar-refractivity contribution in [3.8, 4) is 34.1 Å². The molecule has 2 aromatic heterocycles. The Morgan fingerprint density at radius 3 is 1.59 bits per heavy atom. The van der Waals surface area contributed by atoms with Crippen LogP contribution in [-0.2, 0) is 0 Å². The van der Waals surface area contributed by atoms with Crippen LogP contribution in [0.15, 0.2) is 60.7 Å². The fourth-order valence-corrected chi connectivity index (χ4v) is 5.25. The molecule has 0 aliphatic heterocycles. The predicted octanol–water partition coefficient (Wildman–Crippen LogP) is 6.86. The standard InChI is InChI=1S/C26H16N4S2/c1-3-4-16-7-11-18(12-8-16)20-14-22-21(26-24(20)28-32-30-26)13-19(23-25(22)29-31-27-23)17-9-5-15(2)6-10-17/h5-14H,1-2H3. The molecule has 0 saturated carbocycles. The molecule has 2 heterocycles. The Bertz CT molecular complexity index is 1680. The largest absolute Gasteiger partial charge is 0.172 e. The number of aromatic nitrogens is 4. The van der Waals surface area contributed by atoms with E-state index in [0.717, 1.165) is 60.7 Å². The first-order chi connectivity index (χ1) is 15.7. The fourth-order valence-electron chi connectivity index (χ4n) is 4.11. The third-order valence-electron chi connectivity index (χ3n) is 5.69. The molecule has 0 atom stereocenters. The minimum Gasteiger partial charge on any atom is -0.172 e. The van der Waals surface area contributed by atoms with Crippen molar-refractivity contribution in [2.45, 2.75) is 13.8 Å². The smallest absolute Gasteiger partial charge is 0.113 e. The van der Waals surface area contributed by atoms with E-state index in [1.165, 1.54) is 29.0 Å². The first-order valence-electron chi connectivity index (χ1n) is 10.2. The molecule has 4 nitrogen and oxygen atoms in total. The summed E-state index contributed by atoms with van der Waals surface area (Å²) in [4.78, 5) is 0. The van der Waals surface area contributed by atoms with E-state index >= 15 is 0 Å². The van der Waals surface area contributed by atoms with E-state index in [1.54, 1.807) is 0 Å². The van der Waals surface area contributed by atoms with Gasteiger partial charge in [0.05, 0.1) is 23.5 Å². The highest BCUT2D eigenvalue weighted by atomic mass is 32.1. The maximum absolute atomic E-state index is 4.68. The van der Waals surface area contributed by atoms with Gasteiger partial charge in [-0.05, 0) is 49.2 Å². The summed E-state index contributed by atoms with van der Waals surface area (Å²) in [5.41, 5.74) is 10.2. The molecule has 152 valence electrons. The van der Waals surface area contributed by atoms with Gasteiger partial charge in [-0.1, -0.05) is 47.9 Å². The molecule has 6 rings (SSSR count). The molecular weight excluding hydrogens is 432 g/mol. The van der Waals surface area contributed by atoms with Gasteiger partial charge in [-0.3, -0.25) is 0 Å². The number of hydrogen-bond donors (Lipinski definition) is 0. The average Bonchev–Trinajstić information content (AvgIpc) is 3.50. The average molecular weight is 449 g/mol. The lowest BCUT2D eigenvalue weighted by atomic mass is 9.94. The fraction of sp³-hybridized carbons (Fsp3) is 0.0769. The van der Waals surface area contributed by atoms with Crippen molar-refractivity contribution >= 4 is 56.3 Å². The number of hydrogen-bond acceptors (Lipinski definition) is 6. The van der Waals surface area contributed by atoms with Gasteiger partial charge in [0.15, 0.2) is 0 Å². The van der Waals surface area contributed by atoms with Crippen molar-refractivity contribution in [1.82, 2.24) is 17.5 Å². The third-order valence-corrected chi connectivity index (χ3v) is 6.75. The molecule has 0 fully saturated rings. The molecule has 0 aliphatic rings. The SMILES string of the molecule is CC#Cc1ccc(-c2cc3c(cc(-c4ccc(C)cc4)c4nsnc43)c3nsnc23)cc1. The van der Waals surface area contributed by atoms with Crippen LogP contribution in [0, 0.1) is 18.8 Å². The van der Waals surface area contributed by atoms with Crippen molar-refractivity contribution in [3.05, 3.63) is 71.8 Å². The lowest BCUT2D eigenvalue weighted by molar-refractivity contribution is 1.47. The summed E-state index contributed by atoms with van der Waals surface area (Å²) in [5, 5.41) is 2.11. The molecule has 0 amide bonds. The van der Waals surface area contributed by atoms with Gasteiger partial charge < -0.3 is 0 Å². The number of aryl methyl sites for hydroxylation is 1. The molecule has 0 unspecified atom stereocenters. The predicted molar refractivity (Wildman–Crippen MR) is 134 cm³/mol. The zero-order chi connectivity index (χ0) is 21.7. The van der Waals surface area contributed by atoms with Gasteiger partial charge in [-0.15, -0.1) is 5.92 Å². The molecule has 0 bridgehead atoms. The Labute approximate surface area is 193 Å². The van der Waals surface area contributed by atoms with Gasteiger partial charge in [0.25, 0.3) is 0 Å². The molecule has 0 saturated heterocycles. The third kappa shape index (κ3) is 2.98. The van der Waals surface area contributed by atoms with Crippen LogP contribution >= 0.6 is 23.5 Å². The van der Waals surface area contributed by atoms with Crippen LogP contribution in [0.4, 0.5) is 0 Å². The van der Waals surface area contributed by atoms with Crippen molar-refractivity contribution in [2.24, 2.45) is 0 Å². The Balaban J connectivity index is 1.66. The minimum absolute atomic E-state index is 0.906. The Hall–Kier alpha value is -3.66. The number of rotatable bonds is 2. The van der Waals surface area contributed by atoms with E-state index in [2.05, 4.69) is 84.8 Å². The topological polar surface area (TPSA) is 51.6 Å². The second-order valence-corrected chi connectivity index (χ2v) is 8.74. The van der Waals surface area contributed by atoms with E-state index in [1.807, 2.05) is 19.1 Å². The zero-order valence-corrected chi connectivity index (χ0v) is 19.0. The Kier molecular flexibility index (Phi) is 4.46. The Morgan fingerprint density at radius 2 is 1.09 bits per heavy atom. The molecular formula is C26H16N4S2. The number of fused-ring (bicyclic) bond motifs is 5. The molecule has 0 aliphatic carbocycles. The van der Waals surface area contributed by atoms with Gasteiger partial charge in [-0.2, -0.15) is 17.5 Å². The second kappa shape index (κ2) is 7.49. The zero-order valence-electron chi connectivity index (χ0n) is 17.4. The second-order valence-electron chi connectivity index (χ2n) is 7.68. The van der Waals surface area contributed by atoms with Crippen molar-refractivity contribution in [3.63, 3.8) is 0 Å². The van der Waals surface area contributed by atoms with Crippen LogP contribution in [-0.4, -0.2) is 17.5 Å². The van der Waals surface area contributed by atoms with E-state index in [4.69, 9.17) is 0 Å². The number of benzene rings is 4. The van der Waals surface area contributed by atoms with Crippen LogP contribution in [0.5, 0.6) is 0 Å². The van der Waals surface area contributed by atoms with E-state index in [9.17, 15) is 0 Å². The first kappa shape index (κ1) is 19.1. The van der Waals surface area contributed by atoms with Crippen molar-refractivity contribution < 1.29 is 0 Å². The number of nitrogens with zero attached hydrogens (tertiary/aromatic N) is 4. The van der Waals surface area contributed by atoms with Crippen LogP contribution in [0.1, 0.15) is 18.1 Å². The van der Waals surface area contributed by atoms with Gasteiger partial charge in [0, 0.05) is 27.5 Å². The summed E-state index contributed by atoms with van der Waals surface area (Å²) in [6, 6.07) is 21.2. The normalized spacial score (nSPS) is 11.2. The maximum Gasteiger partial charge on any atom is 0.113 e. The van der Waals surface area contributed by atoms with Gasteiger partial charge in [0.2, 0.25) is 0 Å². The van der Waals surface area contributed by atoms with Crippen molar-refractivity contribution in [1.29, 1.82) is 0 Å². The van der Waals surface area contributed by atoms with Crippen LogP contribution < -0.4 is 0 Å². The summed E-state index contributed by atoms with van der Waals surface area (Å²) < 4.78 is 18.7. The van der Waals surface area contributed by atoms with Gasteiger partial charge in [-0.25, -0.2) is 0 Å². The van der Waals surface area contributed by atoms with Gasteiger partial charge >= 0.3 is 0 Å². The monoisotopic (exact) mass is 448 g/mol. The highest BCUT2D eigenvalue weighted by molar-refractivity contribution is 7.00. The summed E-state index contributed by atoms with van der Waals surface area (Å²) in [5.74, 6) is 6.05. The quantitative estimate of drug-likeness (QED) is 0.271. The molecule has 0 spiro atoms. The van der Waals surface area contributed by atoms with E-state index < -0.39 is 0 Å². The van der Waals surface area contributed by atoms with E-state index in [-0.39, 0.29) is 0 Å². The summed E-state index contributed by atoms with van der Waals surface area (Å²) >= 11 is 2.49. The lowest BCUT2D eigenvalue weighted by Crippen LogP contribution is -1.89. The highest BCUT2D eigenvalue weighted by Crippen LogP contribution is 2.40. The maximum atomic E-state index is 4.68. The summed E-state index contributed by atoms with van der Waals surface area (Å²) in [6.45, 7) is 3.94. The summed E-state index contributed by atoms with van der Waals surface area (Å²) in [6.07, 6.45) is 0. The van der Waals surface area contributed by atoms with Crippen molar-refractivity contribution in [2.75, 3.05) is 0 Å². The Morgan fingerprint density at radius 1 is 0.625 bits per heavy atom. The molecule has 6 heteroatoms. The lowest BCUT2D eigenvalue weighted by Gasteiger charge is -2.10. The molecule has 0 N–H and O–H groups in total. The van der Waals surface area contributed by atoms with Crippen LogP contribution in [0.25, 0.3) is 55.1 Å². The molecule has 32 heavy (non-hydrogen) atoms. The van der Waals surface area contributed by atoms with Gasteiger partial charge in [0.1, 0.15) is 22.1 Å². The molecule has 6 aromatic rings. The first-order valence-corrected chi connectivity index (χ1v) is 11.6. The van der Waals surface area contributed by atoms with E-state index in [0.29, 0.717) is 0 Å². The van der Waals surface area contributed by atoms with Crippen LogP contribution in [0.2, 0.25) is 0 Å². The van der Waals surface area contributed by atoms with Crippen LogP contribution in [0.3, 0.4) is 0 Å². The summed E-state index contributed by atoms with van der Waals surface area (Å²) in [7, 11) is 0. The highest BCUT2D eigenvalue weighted by Gasteiger charge is 2.19. The molecule has 4 aromatic carbocycles. The minimum atomic E-state index is 0.906.